The number of hydrogen-bond donors (Lipinski definition) is 0. The zero-order valence-corrected chi connectivity index (χ0v) is 31.5. The summed E-state index contributed by atoms with van der Waals surface area (Å²) in [6.07, 6.45) is 1.16. The predicted molar refractivity (Wildman–Crippen MR) is 214 cm³/mol. The number of pyridine rings is 2. The van der Waals surface area contributed by atoms with Gasteiger partial charge in [-0.15, -0.1) is 53.6 Å². The van der Waals surface area contributed by atoms with Crippen molar-refractivity contribution in [1.29, 1.82) is 0 Å². The molecule has 0 aliphatic heterocycles. The minimum atomic E-state index is -2.64. The Morgan fingerprint density at radius 2 is 1.45 bits per heavy atom. The van der Waals surface area contributed by atoms with Crippen LogP contribution in [-0.2, 0) is 26.5 Å². The fraction of sp³-hybridized carbons (Fsp3) is 0.167. The third-order valence-corrected chi connectivity index (χ3v) is 8.68. The maximum Gasteiger partial charge on any atom is 0.136 e. The van der Waals surface area contributed by atoms with Gasteiger partial charge in [-0.1, -0.05) is 111 Å². The van der Waals surface area contributed by atoms with Crippen LogP contribution in [0, 0.1) is 38.1 Å². The maximum atomic E-state index is 8.25. The Morgan fingerprint density at radius 3 is 2.23 bits per heavy atom. The van der Waals surface area contributed by atoms with E-state index in [0.717, 1.165) is 50.0 Å². The van der Waals surface area contributed by atoms with E-state index in [0.29, 0.717) is 33.6 Å². The van der Waals surface area contributed by atoms with Gasteiger partial charge >= 0.3 is 0 Å². The summed E-state index contributed by atoms with van der Waals surface area (Å²) < 4.78 is 98.4. The van der Waals surface area contributed by atoms with E-state index in [9.17, 15) is 0 Å². The summed E-state index contributed by atoms with van der Waals surface area (Å²) in [6, 6.07) is 38.9. The van der Waals surface area contributed by atoms with Gasteiger partial charge in [-0.25, -0.2) is 0 Å². The Kier molecular flexibility index (Phi) is 6.83. The third-order valence-electron chi connectivity index (χ3n) is 8.68. The van der Waals surface area contributed by atoms with Crippen LogP contribution in [0.25, 0.3) is 77.5 Å². The number of hydrogen-bond acceptors (Lipinski definition) is 4. The molecule has 9 aromatic rings. The van der Waals surface area contributed by atoms with Gasteiger partial charge in [0.25, 0.3) is 0 Å². The van der Waals surface area contributed by atoms with Crippen LogP contribution in [0.15, 0.2) is 130 Å². The van der Waals surface area contributed by atoms with E-state index in [1.807, 2.05) is 87.5 Å². The molecule has 0 amide bonds. The van der Waals surface area contributed by atoms with Gasteiger partial charge in [0.1, 0.15) is 16.7 Å². The van der Waals surface area contributed by atoms with Crippen molar-refractivity contribution >= 4 is 43.9 Å². The first kappa shape index (κ1) is 24.8. The topological polar surface area (TPSA) is 52.1 Å². The minimum absolute atomic E-state index is 0. The molecule has 5 aromatic carbocycles. The van der Waals surface area contributed by atoms with Crippen molar-refractivity contribution in [1.82, 2.24) is 9.97 Å². The van der Waals surface area contributed by atoms with Crippen molar-refractivity contribution in [3.8, 4) is 33.6 Å². The summed E-state index contributed by atoms with van der Waals surface area (Å²) in [6.45, 7) is -1.85. The molecule has 0 unspecified atom stereocenters. The smallest absolute Gasteiger partial charge is 0.136 e. The van der Waals surface area contributed by atoms with E-state index >= 15 is 0 Å². The maximum absolute atomic E-state index is 8.25. The van der Waals surface area contributed by atoms with Crippen LogP contribution in [0.3, 0.4) is 0 Å². The molecule has 0 saturated carbocycles. The number of furan rings is 2. The molecule has 0 N–H and O–H groups in total. The van der Waals surface area contributed by atoms with Crippen LogP contribution < -0.4 is 0 Å². The van der Waals surface area contributed by atoms with Gasteiger partial charge in [-0.3, -0.25) is 0 Å². The van der Waals surface area contributed by atoms with Crippen LogP contribution >= 0.6 is 0 Å². The van der Waals surface area contributed by atoms with Gasteiger partial charge in [0.05, 0.1) is 5.58 Å². The Labute approximate surface area is 339 Å². The van der Waals surface area contributed by atoms with Gasteiger partial charge < -0.3 is 18.8 Å². The monoisotopic (exact) mass is 880 g/mol. The van der Waals surface area contributed by atoms with E-state index in [1.165, 1.54) is 18.3 Å². The average Bonchev–Trinajstić information content (AvgIpc) is 3.81. The Morgan fingerprint density at radius 1 is 0.679 bits per heavy atom. The zero-order chi connectivity index (χ0) is 45.3. The second-order valence-corrected chi connectivity index (χ2v) is 13.6. The molecule has 1 radical (unpaired) electrons. The standard InChI is InChI=1S/C31H20NO2.C17H20N.Ir/c1-18-16-26(32-17-19(18)2)24-13-6-12-23-22-11-5-10-21(30(22)34-31(23)24)20-9-7-15-28-29(20)25-8-3-4-14-27(25)33-28;1-13-5-8-15(9-6-13)16-10-7-14(12-18-16)11-17(2,3)4;/h3-12,14-17H,1-2H3;5-8,10,12H,11H2,1-4H3;/q2*-1;/i1D3,2D3;1D3,11D2;. The fourth-order valence-corrected chi connectivity index (χ4v) is 6.40. The quantitative estimate of drug-likeness (QED) is 0.165. The van der Waals surface area contributed by atoms with Crippen molar-refractivity contribution in [3.05, 3.63) is 156 Å². The average molecular weight is 880 g/mol. The molecule has 9 rings (SSSR count). The first-order chi connectivity index (χ1) is 29.5. The number of aryl methyl sites for hydroxylation is 3. The van der Waals surface area contributed by atoms with E-state index in [1.54, 1.807) is 30.3 Å². The molecule has 265 valence electrons. The Balaban J connectivity index is 0.000000219. The van der Waals surface area contributed by atoms with E-state index in [2.05, 4.69) is 22.1 Å². The van der Waals surface area contributed by atoms with E-state index < -0.39 is 32.3 Å². The van der Waals surface area contributed by atoms with Crippen LogP contribution in [0.1, 0.15) is 58.1 Å². The van der Waals surface area contributed by atoms with Crippen molar-refractivity contribution in [2.24, 2.45) is 5.41 Å². The number of fused-ring (bicyclic) bond motifs is 6. The first-order valence-corrected chi connectivity index (χ1v) is 16.8. The summed E-state index contributed by atoms with van der Waals surface area (Å²) in [5.41, 5.74) is 6.26. The van der Waals surface area contributed by atoms with Gasteiger partial charge in [0.2, 0.25) is 0 Å². The van der Waals surface area contributed by atoms with Crippen LogP contribution in [0.5, 0.6) is 0 Å². The molecule has 0 bridgehead atoms. The molecule has 0 aliphatic carbocycles. The van der Waals surface area contributed by atoms with E-state index in [4.69, 9.17) is 23.9 Å². The number of benzene rings is 5. The van der Waals surface area contributed by atoms with Crippen LogP contribution in [0.2, 0.25) is 0 Å². The zero-order valence-electron chi connectivity index (χ0n) is 40.1. The predicted octanol–water partition coefficient (Wildman–Crippen LogP) is 13.1. The fourth-order valence-electron chi connectivity index (χ4n) is 6.40. The normalized spacial score (nSPS) is 15.6. The number of para-hydroxylation sites is 2. The number of rotatable bonds is 4. The molecule has 53 heavy (non-hydrogen) atoms. The molecule has 0 spiro atoms. The largest absolute Gasteiger partial charge is 0.500 e. The summed E-state index contributed by atoms with van der Waals surface area (Å²) in [5, 5.41) is 3.68. The van der Waals surface area contributed by atoms with Gasteiger partial charge in [-0.2, -0.15) is 0 Å². The summed E-state index contributed by atoms with van der Waals surface area (Å²) >= 11 is 0. The Bertz CT molecular complexity index is 3140. The van der Waals surface area contributed by atoms with Crippen LogP contribution in [0.4, 0.5) is 0 Å². The van der Waals surface area contributed by atoms with Gasteiger partial charge in [0.15, 0.2) is 0 Å². The molecule has 4 heterocycles. The van der Waals surface area contributed by atoms with Crippen molar-refractivity contribution in [2.75, 3.05) is 0 Å². The molecule has 0 fully saturated rings. The third kappa shape index (κ3) is 7.20. The molecular weight excluding hydrogens is 829 g/mol. The van der Waals surface area contributed by atoms with Crippen molar-refractivity contribution in [2.45, 2.75) is 47.7 Å². The van der Waals surface area contributed by atoms with Crippen LogP contribution in [-0.4, -0.2) is 9.97 Å². The molecule has 0 atom stereocenters. The van der Waals surface area contributed by atoms with Gasteiger partial charge in [0, 0.05) is 69.3 Å². The second-order valence-electron chi connectivity index (χ2n) is 13.6. The molecule has 0 aliphatic rings. The second kappa shape index (κ2) is 14.6. The molecular formula is C48H40IrN2O2-2. The summed E-state index contributed by atoms with van der Waals surface area (Å²) in [4.78, 5) is 8.65. The summed E-state index contributed by atoms with van der Waals surface area (Å²) in [7, 11) is 0. The molecule has 4 nitrogen and oxygen atoms in total. The summed E-state index contributed by atoms with van der Waals surface area (Å²) in [5.74, 6) is 0. The molecule has 5 heteroatoms. The number of nitrogens with zero attached hydrogens (tertiary/aromatic N) is 2. The van der Waals surface area contributed by atoms with E-state index in [-0.39, 0.29) is 42.5 Å². The molecule has 4 aromatic heterocycles. The number of aromatic nitrogens is 2. The minimum Gasteiger partial charge on any atom is -0.500 e. The van der Waals surface area contributed by atoms with Crippen molar-refractivity contribution in [3.63, 3.8) is 0 Å². The van der Waals surface area contributed by atoms with Crippen molar-refractivity contribution < 1.29 is 44.0 Å². The first-order valence-electron chi connectivity index (χ1n) is 22.3. The molecule has 0 saturated heterocycles. The van der Waals surface area contributed by atoms with Gasteiger partial charge in [-0.05, 0) is 65.7 Å². The Hall–Kier alpha value is -5.35. The SMILES string of the molecule is [2H]C([2H])([2H])c1c[c-]c(-c2ccc(C([2H])([2H])C(C)(C)C)cn2)cc1.[2H]C([2H])([2H])c1cnc(-c2[c-]ccc3c2oc2c(-c4cccc5oc6ccccc6c45)cccc23)cc1C([2H])([2H])[2H].[Ir].